The maximum atomic E-state index is 4.47. The van der Waals surface area contributed by atoms with Gasteiger partial charge < -0.3 is 5.32 Å². The van der Waals surface area contributed by atoms with E-state index in [0.717, 1.165) is 22.6 Å². The summed E-state index contributed by atoms with van der Waals surface area (Å²) in [5.74, 6) is 1.42. The van der Waals surface area contributed by atoms with E-state index in [1.165, 1.54) is 0 Å². The van der Waals surface area contributed by atoms with Crippen LogP contribution in [-0.2, 0) is 0 Å². The van der Waals surface area contributed by atoms with Gasteiger partial charge in [-0.1, -0.05) is 30.3 Å². The first-order valence-electron chi connectivity index (χ1n) is 5.75. The number of aromatic nitrogens is 4. The Kier molecular flexibility index (Phi) is 2.44. The van der Waals surface area contributed by atoms with Crippen LogP contribution in [0.2, 0.25) is 0 Å². The number of aryl methyl sites for hydroxylation is 1. The highest BCUT2D eigenvalue weighted by Gasteiger charge is 2.11. The van der Waals surface area contributed by atoms with Crippen LogP contribution in [0.5, 0.6) is 0 Å². The number of nitrogens with one attached hydrogen (secondary N) is 1. The maximum Gasteiger partial charge on any atom is 0.227 e. The van der Waals surface area contributed by atoms with Gasteiger partial charge in [-0.15, -0.1) is 0 Å². The van der Waals surface area contributed by atoms with E-state index in [-0.39, 0.29) is 0 Å². The van der Waals surface area contributed by atoms with E-state index in [1.807, 2.05) is 50.5 Å². The summed E-state index contributed by atoms with van der Waals surface area (Å²) in [5.41, 5.74) is 2.93. The minimum atomic E-state index is 0.694. The summed E-state index contributed by atoms with van der Waals surface area (Å²) in [6.45, 7) is 1.88. The van der Waals surface area contributed by atoms with Crippen molar-refractivity contribution in [2.75, 3.05) is 12.4 Å². The molecular weight excluding hydrogens is 226 g/mol. The van der Waals surface area contributed by atoms with Gasteiger partial charge in [-0.25, -0.2) is 4.98 Å². The highest BCUT2D eigenvalue weighted by molar-refractivity contribution is 5.77. The fourth-order valence-electron chi connectivity index (χ4n) is 1.97. The van der Waals surface area contributed by atoms with Gasteiger partial charge in [0, 0.05) is 12.6 Å². The molecule has 0 saturated heterocycles. The molecule has 3 aromatic rings. The SMILES string of the molecule is CNc1nc(C)nc2c(-c3ccccc3)cnn12. The van der Waals surface area contributed by atoms with Gasteiger partial charge in [0.2, 0.25) is 5.95 Å². The molecule has 0 saturated carbocycles. The summed E-state index contributed by atoms with van der Waals surface area (Å²) in [6.07, 6.45) is 1.82. The number of benzene rings is 1. The maximum absolute atomic E-state index is 4.47. The first-order chi connectivity index (χ1) is 8.79. The average Bonchev–Trinajstić information content (AvgIpc) is 2.82. The third kappa shape index (κ3) is 1.60. The van der Waals surface area contributed by atoms with Crippen LogP contribution in [0.3, 0.4) is 0 Å². The van der Waals surface area contributed by atoms with Gasteiger partial charge in [0.1, 0.15) is 5.82 Å². The summed E-state index contributed by atoms with van der Waals surface area (Å²) in [4.78, 5) is 8.78. The van der Waals surface area contributed by atoms with Crippen molar-refractivity contribution in [2.24, 2.45) is 0 Å². The molecule has 2 heterocycles. The lowest BCUT2D eigenvalue weighted by Gasteiger charge is -2.04. The van der Waals surface area contributed by atoms with Gasteiger partial charge in [-0.2, -0.15) is 14.6 Å². The Morgan fingerprint density at radius 2 is 1.89 bits per heavy atom. The van der Waals surface area contributed by atoms with E-state index in [4.69, 9.17) is 0 Å². The first kappa shape index (κ1) is 10.7. The Morgan fingerprint density at radius 1 is 1.11 bits per heavy atom. The smallest absolute Gasteiger partial charge is 0.227 e. The van der Waals surface area contributed by atoms with Crippen LogP contribution in [0.1, 0.15) is 5.82 Å². The Labute approximate surface area is 105 Å². The van der Waals surface area contributed by atoms with E-state index < -0.39 is 0 Å². The van der Waals surface area contributed by atoms with Gasteiger partial charge in [0.15, 0.2) is 5.65 Å². The van der Waals surface area contributed by atoms with Crippen LogP contribution >= 0.6 is 0 Å². The lowest BCUT2D eigenvalue weighted by atomic mass is 10.1. The van der Waals surface area contributed by atoms with Gasteiger partial charge in [0.25, 0.3) is 0 Å². The fourth-order valence-corrected chi connectivity index (χ4v) is 1.97. The van der Waals surface area contributed by atoms with Crippen LogP contribution in [0.4, 0.5) is 5.95 Å². The molecule has 0 spiro atoms. The minimum Gasteiger partial charge on any atom is -0.357 e. The molecule has 0 aliphatic carbocycles. The Balaban J connectivity index is 2.30. The molecule has 0 amide bonds. The van der Waals surface area contributed by atoms with Gasteiger partial charge in [-0.3, -0.25) is 0 Å². The number of nitrogens with zero attached hydrogens (tertiary/aromatic N) is 4. The second-order valence-electron chi connectivity index (χ2n) is 4.00. The Bertz CT molecular complexity index is 687. The number of rotatable bonds is 2. The largest absolute Gasteiger partial charge is 0.357 e. The molecule has 5 nitrogen and oxygen atoms in total. The quantitative estimate of drug-likeness (QED) is 0.744. The minimum absolute atomic E-state index is 0.694. The van der Waals surface area contributed by atoms with Crippen molar-refractivity contribution in [2.45, 2.75) is 6.92 Å². The molecule has 0 unspecified atom stereocenters. The van der Waals surface area contributed by atoms with Gasteiger partial charge in [0.05, 0.1) is 6.20 Å². The van der Waals surface area contributed by atoms with Crippen LogP contribution in [0.25, 0.3) is 16.8 Å². The number of fused-ring (bicyclic) bond motifs is 1. The molecule has 0 aliphatic rings. The molecule has 0 radical (unpaired) electrons. The van der Waals surface area contributed by atoms with E-state index in [2.05, 4.69) is 20.4 Å². The molecule has 5 heteroatoms. The second kappa shape index (κ2) is 4.10. The normalized spacial score (nSPS) is 10.8. The lowest BCUT2D eigenvalue weighted by Crippen LogP contribution is -2.05. The molecule has 90 valence electrons. The zero-order valence-electron chi connectivity index (χ0n) is 10.3. The highest BCUT2D eigenvalue weighted by atomic mass is 15.3. The zero-order chi connectivity index (χ0) is 12.5. The Hall–Kier alpha value is -2.43. The number of hydrogen-bond acceptors (Lipinski definition) is 4. The van der Waals surface area contributed by atoms with Crippen LogP contribution in [0, 0.1) is 6.92 Å². The van der Waals surface area contributed by atoms with Gasteiger partial charge >= 0.3 is 0 Å². The zero-order valence-corrected chi connectivity index (χ0v) is 10.3. The highest BCUT2D eigenvalue weighted by Crippen LogP contribution is 2.24. The van der Waals surface area contributed by atoms with Crippen LogP contribution in [0.15, 0.2) is 36.5 Å². The summed E-state index contributed by atoms with van der Waals surface area (Å²) in [7, 11) is 1.82. The molecule has 3 rings (SSSR count). The molecule has 0 aliphatic heterocycles. The summed E-state index contributed by atoms with van der Waals surface area (Å²) < 4.78 is 1.72. The molecule has 0 bridgehead atoms. The first-order valence-corrected chi connectivity index (χ1v) is 5.75. The monoisotopic (exact) mass is 239 g/mol. The molecule has 1 N–H and O–H groups in total. The number of anilines is 1. The van der Waals surface area contributed by atoms with Crippen molar-refractivity contribution in [3.05, 3.63) is 42.4 Å². The van der Waals surface area contributed by atoms with Crippen molar-refractivity contribution in [1.82, 2.24) is 19.6 Å². The van der Waals surface area contributed by atoms with Crippen LogP contribution < -0.4 is 5.32 Å². The molecule has 0 fully saturated rings. The van der Waals surface area contributed by atoms with E-state index in [9.17, 15) is 0 Å². The van der Waals surface area contributed by atoms with Gasteiger partial charge in [-0.05, 0) is 12.5 Å². The van der Waals surface area contributed by atoms with Crippen molar-refractivity contribution in [3.63, 3.8) is 0 Å². The molecule has 1 aromatic carbocycles. The topological polar surface area (TPSA) is 55.1 Å². The third-order valence-corrected chi connectivity index (χ3v) is 2.79. The van der Waals surface area contributed by atoms with E-state index >= 15 is 0 Å². The summed E-state index contributed by atoms with van der Waals surface area (Å²) >= 11 is 0. The van der Waals surface area contributed by atoms with E-state index in [1.54, 1.807) is 4.52 Å². The predicted octanol–water partition coefficient (Wildman–Crippen LogP) is 2.14. The summed E-state index contributed by atoms with van der Waals surface area (Å²) in [6, 6.07) is 10.1. The standard InChI is InChI=1S/C13H13N5/c1-9-16-12-11(10-6-4-3-5-7-10)8-15-18(12)13(14-2)17-9/h3-8H,1-2H3,(H,14,16,17). The van der Waals surface area contributed by atoms with Crippen molar-refractivity contribution >= 4 is 11.6 Å². The number of hydrogen-bond donors (Lipinski definition) is 1. The predicted molar refractivity (Wildman–Crippen MR) is 70.5 cm³/mol. The van der Waals surface area contributed by atoms with Crippen molar-refractivity contribution in [3.8, 4) is 11.1 Å². The molecule has 0 atom stereocenters. The average molecular weight is 239 g/mol. The molecular formula is C13H13N5. The van der Waals surface area contributed by atoms with Crippen molar-refractivity contribution < 1.29 is 0 Å². The van der Waals surface area contributed by atoms with Crippen LogP contribution in [-0.4, -0.2) is 26.6 Å². The summed E-state index contributed by atoms with van der Waals surface area (Å²) in [5, 5.41) is 7.36. The molecule has 2 aromatic heterocycles. The fraction of sp³-hybridized carbons (Fsp3) is 0.154. The second-order valence-corrected chi connectivity index (χ2v) is 4.00. The van der Waals surface area contributed by atoms with Crippen molar-refractivity contribution in [1.29, 1.82) is 0 Å². The molecule has 18 heavy (non-hydrogen) atoms. The van der Waals surface area contributed by atoms with E-state index in [0.29, 0.717) is 5.95 Å². The third-order valence-electron chi connectivity index (χ3n) is 2.79. The Morgan fingerprint density at radius 3 is 2.61 bits per heavy atom. The lowest BCUT2D eigenvalue weighted by molar-refractivity contribution is 0.877.